The summed E-state index contributed by atoms with van der Waals surface area (Å²) in [4.78, 5) is 18.4. The van der Waals surface area contributed by atoms with Gasteiger partial charge in [-0.15, -0.1) is 0 Å². The summed E-state index contributed by atoms with van der Waals surface area (Å²) < 4.78 is 2.20. The van der Waals surface area contributed by atoms with E-state index in [0.29, 0.717) is 5.92 Å². The summed E-state index contributed by atoms with van der Waals surface area (Å²) >= 11 is 0. The molecule has 1 aliphatic heterocycles. The van der Waals surface area contributed by atoms with Crippen LogP contribution in [0.25, 0.3) is 22.6 Å². The Morgan fingerprint density at radius 1 is 1.30 bits per heavy atom. The number of aromatic nitrogens is 4. The zero-order valence-corrected chi connectivity index (χ0v) is 15.9. The molecule has 1 fully saturated rings. The van der Waals surface area contributed by atoms with Crippen molar-refractivity contribution in [3.8, 4) is 22.6 Å². The molecule has 2 aromatic heterocycles. The van der Waals surface area contributed by atoms with E-state index in [1.165, 1.54) is 0 Å². The molecule has 1 N–H and O–H groups in total. The number of hydrogen-bond donors (Lipinski definition) is 1. The number of aryl methyl sites for hydroxylation is 1. The Morgan fingerprint density at radius 3 is 2.81 bits per heavy atom. The number of imidazole rings is 1. The van der Waals surface area contributed by atoms with Gasteiger partial charge in [-0.1, -0.05) is 30.3 Å². The highest BCUT2D eigenvalue weighted by Gasteiger charge is 2.24. The van der Waals surface area contributed by atoms with Crippen LogP contribution in [-0.2, 0) is 11.3 Å². The fraction of sp³-hybridized carbons (Fsp3) is 0.381. The minimum Gasteiger partial charge on any atom is -0.343 e. The van der Waals surface area contributed by atoms with Gasteiger partial charge in [0.25, 0.3) is 0 Å². The first-order chi connectivity index (χ1) is 13.1. The molecule has 0 saturated carbocycles. The number of aromatic amines is 1. The molecule has 0 unspecified atom stereocenters. The Bertz CT molecular complexity index is 927. The summed E-state index contributed by atoms with van der Waals surface area (Å²) in [5.74, 6) is 0.595. The maximum atomic E-state index is 11.8. The standard InChI is InChI=1S/C21H25N5O/c1-15-11-19(24-23-15)21-20(18-8-4-3-5-9-18)22-14-26(21)13-17-7-6-10-25(12-17)16(2)27/h3-5,8-9,11,14,17H,6-7,10,12-13H2,1-2H3,(H,23,24)/t17-/m0/s1. The molecule has 1 aromatic carbocycles. The Morgan fingerprint density at radius 2 is 2.11 bits per heavy atom. The number of carbonyl (C=O) groups excluding carboxylic acids is 1. The number of nitrogens with zero attached hydrogens (tertiary/aromatic N) is 4. The maximum Gasteiger partial charge on any atom is 0.219 e. The molecule has 3 heterocycles. The van der Waals surface area contributed by atoms with Crippen LogP contribution in [0.2, 0.25) is 0 Å². The Hall–Kier alpha value is -2.89. The Kier molecular flexibility index (Phi) is 4.79. The molecule has 0 aliphatic carbocycles. The minimum atomic E-state index is 0.165. The molecule has 0 bridgehead atoms. The number of H-pyrrole nitrogens is 1. The first-order valence-electron chi connectivity index (χ1n) is 9.50. The lowest BCUT2D eigenvalue weighted by Crippen LogP contribution is -2.39. The molecule has 6 heteroatoms. The van der Waals surface area contributed by atoms with Crippen LogP contribution in [0.4, 0.5) is 0 Å². The van der Waals surface area contributed by atoms with Gasteiger partial charge in [0, 0.05) is 37.8 Å². The van der Waals surface area contributed by atoms with Gasteiger partial charge in [0.15, 0.2) is 0 Å². The molecule has 1 amide bonds. The average molecular weight is 363 g/mol. The van der Waals surface area contributed by atoms with Crippen LogP contribution in [0.15, 0.2) is 42.7 Å². The van der Waals surface area contributed by atoms with Crippen LogP contribution in [-0.4, -0.2) is 43.6 Å². The molecule has 4 rings (SSSR count). The number of carbonyl (C=O) groups is 1. The molecule has 1 atom stereocenters. The number of nitrogens with one attached hydrogen (secondary N) is 1. The zero-order valence-electron chi connectivity index (χ0n) is 15.9. The van der Waals surface area contributed by atoms with Crippen molar-refractivity contribution in [2.45, 2.75) is 33.2 Å². The molecule has 140 valence electrons. The third-order valence-corrected chi connectivity index (χ3v) is 5.25. The topological polar surface area (TPSA) is 66.8 Å². The third-order valence-electron chi connectivity index (χ3n) is 5.25. The van der Waals surface area contributed by atoms with Crippen LogP contribution in [0.3, 0.4) is 0 Å². The lowest BCUT2D eigenvalue weighted by atomic mass is 9.97. The van der Waals surface area contributed by atoms with Crippen LogP contribution < -0.4 is 0 Å². The molecular weight excluding hydrogens is 338 g/mol. The molecular formula is C21H25N5O. The summed E-state index contributed by atoms with van der Waals surface area (Å²) in [6.45, 7) is 6.19. The van der Waals surface area contributed by atoms with Crippen molar-refractivity contribution in [1.82, 2.24) is 24.6 Å². The van der Waals surface area contributed by atoms with Gasteiger partial charge >= 0.3 is 0 Å². The van der Waals surface area contributed by atoms with Gasteiger partial charge in [-0.05, 0) is 31.7 Å². The van der Waals surface area contributed by atoms with E-state index in [4.69, 9.17) is 4.98 Å². The maximum absolute atomic E-state index is 11.8. The zero-order chi connectivity index (χ0) is 18.8. The summed E-state index contributed by atoms with van der Waals surface area (Å²) in [6.07, 6.45) is 4.09. The minimum absolute atomic E-state index is 0.165. The number of rotatable bonds is 4. The summed E-state index contributed by atoms with van der Waals surface area (Å²) in [5.41, 5.74) is 4.99. The molecule has 6 nitrogen and oxygen atoms in total. The Labute approximate surface area is 159 Å². The van der Waals surface area contributed by atoms with E-state index in [9.17, 15) is 4.79 Å². The first-order valence-corrected chi connectivity index (χ1v) is 9.50. The second kappa shape index (κ2) is 7.39. The van der Waals surface area contributed by atoms with E-state index in [-0.39, 0.29) is 5.91 Å². The molecule has 3 aromatic rings. The van der Waals surface area contributed by atoms with Crippen molar-refractivity contribution >= 4 is 5.91 Å². The first kappa shape index (κ1) is 17.5. The van der Waals surface area contributed by atoms with E-state index >= 15 is 0 Å². The van der Waals surface area contributed by atoms with Crippen LogP contribution in [0.5, 0.6) is 0 Å². The normalized spacial score (nSPS) is 17.3. The molecule has 1 saturated heterocycles. The van der Waals surface area contributed by atoms with Gasteiger partial charge in [0.1, 0.15) is 5.69 Å². The summed E-state index contributed by atoms with van der Waals surface area (Å²) in [6, 6.07) is 12.3. The van der Waals surface area contributed by atoms with Gasteiger partial charge < -0.3 is 9.47 Å². The number of likely N-dealkylation sites (tertiary alicyclic amines) is 1. The average Bonchev–Trinajstić information content (AvgIpc) is 3.28. The molecule has 1 aliphatic rings. The van der Waals surface area contributed by atoms with Gasteiger partial charge in [-0.3, -0.25) is 9.89 Å². The number of benzene rings is 1. The largest absolute Gasteiger partial charge is 0.343 e. The van der Waals surface area contributed by atoms with Gasteiger partial charge in [-0.2, -0.15) is 5.10 Å². The highest BCUT2D eigenvalue weighted by atomic mass is 16.2. The van der Waals surface area contributed by atoms with Crippen LogP contribution in [0, 0.1) is 12.8 Å². The van der Waals surface area contributed by atoms with Crippen molar-refractivity contribution in [1.29, 1.82) is 0 Å². The van der Waals surface area contributed by atoms with Gasteiger partial charge in [0.2, 0.25) is 5.91 Å². The SMILES string of the molecule is CC(=O)N1CCC[C@H](Cn2cnc(-c3ccccc3)c2-c2cc(C)[nH]n2)C1. The predicted octanol–water partition coefficient (Wildman–Crippen LogP) is 3.51. The fourth-order valence-corrected chi connectivity index (χ4v) is 3.91. The second-order valence-corrected chi connectivity index (χ2v) is 7.37. The van der Waals surface area contributed by atoms with E-state index in [2.05, 4.69) is 33.0 Å². The van der Waals surface area contributed by atoms with E-state index < -0.39 is 0 Å². The van der Waals surface area contributed by atoms with Gasteiger partial charge in [-0.25, -0.2) is 4.98 Å². The highest BCUT2D eigenvalue weighted by molar-refractivity contribution is 5.77. The monoisotopic (exact) mass is 363 g/mol. The lowest BCUT2D eigenvalue weighted by Gasteiger charge is -2.32. The van der Waals surface area contributed by atoms with Gasteiger partial charge in [0.05, 0.1) is 17.7 Å². The number of amides is 1. The fourth-order valence-electron chi connectivity index (χ4n) is 3.91. The third kappa shape index (κ3) is 3.65. The van der Waals surface area contributed by atoms with E-state index in [1.807, 2.05) is 36.4 Å². The predicted molar refractivity (Wildman–Crippen MR) is 105 cm³/mol. The van der Waals surface area contributed by atoms with Crippen molar-refractivity contribution in [3.63, 3.8) is 0 Å². The smallest absolute Gasteiger partial charge is 0.219 e. The summed E-state index contributed by atoms with van der Waals surface area (Å²) in [7, 11) is 0. The van der Waals surface area contributed by atoms with Crippen molar-refractivity contribution in [3.05, 3.63) is 48.4 Å². The molecule has 0 spiro atoms. The summed E-state index contributed by atoms with van der Waals surface area (Å²) in [5, 5.41) is 7.54. The lowest BCUT2D eigenvalue weighted by molar-refractivity contribution is -0.130. The quantitative estimate of drug-likeness (QED) is 0.771. The number of piperidine rings is 1. The Balaban J connectivity index is 1.69. The highest BCUT2D eigenvalue weighted by Crippen LogP contribution is 2.31. The van der Waals surface area contributed by atoms with Crippen molar-refractivity contribution in [2.75, 3.05) is 13.1 Å². The van der Waals surface area contributed by atoms with Crippen molar-refractivity contribution < 1.29 is 4.79 Å². The number of hydrogen-bond acceptors (Lipinski definition) is 3. The van der Waals surface area contributed by atoms with E-state index in [1.54, 1.807) is 6.92 Å². The molecule has 27 heavy (non-hydrogen) atoms. The molecule has 0 radical (unpaired) electrons. The van der Waals surface area contributed by atoms with Crippen LogP contribution >= 0.6 is 0 Å². The second-order valence-electron chi connectivity index (χ2n) is 7.37. The van der Waals surface area contributed by atoms with Crippen molar-refractivity contribution in [2.24, 2.45) is 5.92 Å². The van der Waals surface area contributed by atoms with E-state index in [0.717, 1.165) is 60.8 Å². The van der Waals surface area contributed by atoms with Crippen LogP contribution in [0.1, 0.15) is 25.5 Å².